The van der Waals surface area contributed by atoms with Crippen LogP contribution in [0, 0.1) is 0 Å². The molecule has 0 bridgehead atoms. The molecule has 1 atom stereocenters. The number of amides is 2. The summed E-state index contributed by atoms with van der Waals surface area (Å²) in [6, 6.07) is 15.5. The number of hydrogen-bond donors (Lipinski definition) is 0. The molecule has 1 aromatic heterocycles. The van der Waals surface area contributed by atoms with Gasteiger partial charge in [-0.25, -0.2) is 9.67 Å². The molecule has 2 amide bonds. The number of carbonyl (C=O) groups is 2. The molecular weight excluding hydrogens is 390 g/mol. The van der Waals surface area contributed by atoms with Crippen molar-refractivity contribution in [3.8, 4) is 5.69 Å². The standard InChI is InChI=1S/C24H25N5O2/c1-18(20-8-12-22(13-9-20)29-17-25-16-26-29)27(2)23(30)14-7-19-5-10-21(11-6-19)28-15-3-4-24(28)31/h5-14,16-18H,3-4,15H2,1-2H3/b14-7+. The lowest BCUT2D eigenvalue weighted by Gasteiger charge is -2.24. The maximum Gasteiger partial charge on any atom is 0.246 e. The Bertz CT molecular complexity index is 1070. The zero-order chi connectivity index (χ0) is 21.8. The Morgan fingerprint density at radius 1 is 1.10 bits per heavy atom. The van der Waals surface area contributed by atoms with Crippen molar-refractivity contribution in [2.75, 3.05) is 18.5 Å². The summed E-state index contributed by atoms with van der Waals surface area (Å²) in [7, 11) is 1.80. The van der Waals surface area contributed by atoms with Crippen molar-refractivity contribution in [1.82, 2.24) is 19.7 Å². The summed E-state index contributed by atoms with van der Waals surface area (Å²) < 4.78 is 1.69. The Kier molecular flexibility index (Phi) is 5.93. The van der Waals surface area contributed by atoms with Crippen molar-refractivity contribution < 1.29 is 9.59 Å². The molecule has 7 nitrogen and oxygen atoms in total. The Hall–Kier alpha value is -3.74. The molecule has 31 heavy (non-hydrogen) atoms. The lowest BCUT2D eigenvalue weighted by Crippen LogP contribution is -2.28. The van der Waals surface area contributed by atoms with E-state index in [9.17, 15) is 9.59 Å². The van der Waals surface area contributed by atoms with E-state index in [0.29, 0.717) is 6.42 Å². The highest BCUT2D eigenvalue weighted by atomic mass is 16.2. The second kappa shape index (κ2) is 8.95. The molecule has 4 rings (SSSR count). The minimum Gasteiger partial charge on any atom is -0.335 e. The Morgan fingerprint density at radius 3 is 2.42 bits per heavy atom. The largest absolute Gasteiger partial charge is 0.335 e. The van der Waals surface area contributed by atoms with Crippen LogP contribution in [0.5, 0.6) is 0 Å². The van der Waals surface area contributed by atoms with Gasteiger partial charge in [-0.2, -0.15) is 5.10 Å². The van der Waals surface area contributed by atoms with Crippen LogP contribution < -0.4 is 4.90 Å². The van der Waals surface area contributed by atoms with Crippen LogP contribution in [0.2, 0.25) is 0 Å². The van der Waals surface area contributed by atoms with Crippen LogP contribution in [-0.4, -0.2) is 45.1 Å². The van der Waals surface area contributed by atoms with Gasteiger partial charge < -0.3 is 9.80 Å². The van der Waals surface area contributed by atoms with E-state index in [1.165, 1.54) is 6.33 Å². The van der Waals surface area contributed by atoms with E-state index >= 15 is 0 Å². The third kappa shape index (κ3) is 4.55. The molecule has 1 fully saturated rings. The van der Waals surface area contributed by atoms with Crippen molar-refractivity contribution in [3.63, 3.8) is 0 Å². The van der Waals surface area contributed by atoms with Gasteiger partial charge in [0.1, 0.15) is 12.7 Å². The second-order valence-electron chi connectivity index (χ2n) is 7.63. The third-order valence-electron chi connectivity index (χ3n) is 5.68. The molecule has 3 aromatic rings. The number of likely N-dealkylation sites (N-methyl/N-ethyl adjacent to an activating group) is 1. The van der Waals surface area contributed by atoms with Gasteiger partial charge in [0.05, 0.1) is 11.7 Å². The van der Waals surface area contributed by atoms with E-state index < -0.39 is 0 Å². The molecule has 7 heteroatoms. The van der Waals surface area contributed by atoms with Crippen LogP contribution in [0.1, 0.15) is 36.9 Å². The number of hydrogen-bond acceptors (Lipinski definition) is 4. The predicted octanol–water partition coefficient (Wildman–Crippen LogP) is 3.63. The summed E-state index contributed by atoms with van der Waals surface area (Å²) in [5.74, 6) is 0.0926. The fourth-order valence-electron chi connectivity index (χ4n) is 3.63. The number of benzene rings is 2. The Morgan fingerprint density at radius 2 is 1.81 bits per heavy atom. The summed E-state index contributed by atoms with van der Waals surface area (Å²) in [5, 5.41) is 4.12. The van der Waals surface area contributed by atoms with Gasteiger partial charge in [-0.1, -0.05) is 24.3 Å². The summed E-state index contributed by atoms with van der Waals surface area (Å²) in [5.41, 5.74) is 3.78. The first kappa shape index (κ1) is 20.5. The number of carbonyl (C=O) groups excluding carboxylic acids is 2. The van der Waals surface area contributed by atoms with Crippen LogP contribution in [0.3, 0.4) is 0 Å². The number of anilines is 1. The topological polar surface area (TPSA) is 71.3 Å². The fourth-order valence-corrected chi connectivity index (χ4v) is 3.63. The first-order valence-corrected chi connectivity index (χ1v) is 10.3. The van der Waals surface area contributed by atoms with Crippen molar-refractivity contribution in [2.45, 2.75) is 25.8 Å². The summed E-state index contributed by atoms with van der Waals surface area (Å²) in [4.78, 5) is 32.0. The predicted molar refractivity (Wildman–Crippen MR) is 120 cm³/mol. The third-order valence-corrected chi connectivity index (χ3v) is 5.68. The molecule has 1 unspecified atom stereocenters. The molecule has 0 radical (unpaired) electrons. The normalized spacial score (nSPS) is 14.9. The van der Waals surface area contributed by atoms with Gasteiger partial charge in [0, 0.05) is 31.8 Å². The maximum atomic E-state index is 12.7. The van der Waals surface area contributed by atoms with Gasteiger partial charge in [0.15, 0.2) is 0 Å². The molecule has 1 aliphatic heterocycles. The number of nitrogens with zero attached hydrogens (tertiary/aromatic N) is 5. The molecule has 0 saturated carbocycles. The van der Waals surface area contributed by atoms with Gasteiger partial charge in [0.2, 0.25) is 11.8 Å². The smallest absolute Gasteiger partial charge is 0.246 e. The molecule has 0 spiro atoms. The molecule has 2 aromatic carbocycles. The lowest BCUT2D eigenvalue weighted by atomic mass is 10.1. The zero-order valence-corrected chi connectivity index (χ0v) is 17.7. The Labute approximate surface area is 181 Å². The SMILES string of the molecule is CC(c1ccc(-n2cncn2)cc1)N(C)C(=O)/C=C/c1ccc(N2CCCC2=O)cc1. The first-order valence-electron chi connectivity index (χ1n) is 10.3. The minimum absolute atomic E-state index is 0.0772. The van der Waals surface area contributed by atoms with Crippen LogP contribution in [-0.2, 0) is 9.59 Å². The van der Waals surface area contributed by atoms with Crippen molar-refractivity contribution in [2.24, 2.45) is 0 Å². The van der Waals surface area contributed by atoms with E-state index in [0.717, 1.165) is 35.5 Å². The highest BCUT2D eigenvalue weighted by molar-refractivity contribution is 5.95. The van der Waals surface area contributed by atoms with Gasteiger partial charge in [-0.15, -0.1) is 0 Å². The zero-order valence-electron chi connectivity index (χ0n) is 17.7. The van der Waals surface area contributed by atoms with Crippen LogP contribution >= 0.6 is 0 Å². The van der Waals surface area contributed by atoms with E-state index in [2.05, 4.69) is 10.1 Å². The molecule has 2 heterocycles. The maximum absolute atomic E-state index is 12.7. The van der Waals surface area contributed by atoms with Gasteiger partial charge in [-0.05, 0) is 54.8 Å². The Balaban J connectivity index is 1.38. The molecular formula is C24H25N5O2. The van der Waals surface area contributed by atoms with Gasteiger partial charge in [0.25, 0.3) is 0 Å². The van der Waals surface area contributed by atoms with Crippen molar-refractivity contribution in [1.29, 1.82) is 0 Å². The highest BCUT2D eigenvalue weighted by Crippen LogP contribution is 2.23. The monoisotopic (exact) mass is 415 g/mol. The van der Waals surface area contributed by atoms with Crippen molar-refractivity contribution >= 4 is 23.6 Å². The summed E-state index contributed by atoms with van der Waals surface area (Å²) in [6.07, 6.45) is 8.04. The number of aromatic nitrogens is 3. The average molecular weight is 415 g/mol. The summed E-state index contributed by atoms with van der Waals surface area (Å²) in [6.45, 7) is 2.77. The molecule has 158 valence electrons. The van der Waals surface area contributed by atoms with Crippen LogP contribution in [0.25, 0.3) is 11.8 Å². The van der Waals surface area contributed by atoms with Crippen LogP contribution in [0.4, 0.5) is 5.69 Å². The van der Waals surface area contributed by atoms with Crippen molar-refractivity contribution in [3.05, 3.63) is 78.4 Å². The second-order valence-corrected chi connectivity index (χ2v) is 7.63. The molecule has 0 N–H and O–H groups in total. The van der Waals surface area contributed by atoms with Gasteiger partial charge in [-0.3, -0.25) is 9.59 Å². The lowest BCUT2D eigenvalue weighted by molar-refractivity contribution is -0.126. The fraction of sp³-hybridized carbons (Fsp3) is 0.250. The highest BCUT2D eigenvalue weighted by Gasteiger charge is 2.21. The van der Waals surface area contributed by atoms with E-state index in [4.69, 9.17) is 0 Å². The minimum atomic E-state index is -0.0782. The molecule has 1 saturated heterocycles. The van der Waals surface area contributed by atoms with E-state index in [1.54, 1.807) is 35.1 Å². The average Bonchev–Trinajstić information content (AvgIpc) is 3.49. The molecule has 0 aliphatic carbocycles. The van der Waals surface area contributed by atoms with E-state index in [-0.39, 0.29) is 17.9 Å². The quantitative estimate of drug-likeness (QED) is 0.577. The number of rotatable bonds is 6. The van der Waals surface area contributed by atoms with E-state index in [1.807, 2.05) is 60.4 Å². The first-order chi connectivity index (χ1) is 15.0. The molecule has 1 aliphatic rings. The summed E-state index contributed by atoms with van der Waals surface area (Å²) >= 11 is 0. The van der Waals surface area contributed by atoms with Gasteiger partial charge >= 0.3 is 0 Å². The van der Waals surface area contributed by atoms with Crippen LogP contribution in [0.15, 0.2) is 67.3 Å².